The van der Waals surface area contributed by atoms with Crippen LogP contribution in [0.5, 0.6) is 5.75 Å². The Kier molecular flexibility index (Phi) is 7.48. The number of nitrogens with zero attached hydrogens (tertiary/aromatic N) is 3. The second-order valence-corrected chi connectivity index (χ2v) is 11.9. The lowest BCUT2D eigenvalue weighted by Crippen LogP contribution is -2.52. The van der Waals surface area contributed by atoms with Gasteiger partial charge in [0.05, 0.1) is 6.61 Å². The van der Waals surface area contributed by atoms with E-state index in [4.69, 9.17) is 16.3 Å². The third kappa shape index (κ3) is 6.07. The molecule has 0 spiro atoms. The van der Waals surface area contributed by atoms with Gasteiger partial charge in [0, 0.05) is 49.5 Å². The first-order chi connectivity index (χ1) is 16.9. The first kappa shape index (κ1) is 24.7. The molecule has 2 aromatic rings. The van der Waals surface area contributed by atoms with Crippen molar-refractivity contribution >= 4 is 27.4 Å². The molecule has 2 saturated carbocycles. The Bertz CT molecular complexity index is 1130. The maximum atomic E-state index is 14.1. The molecule has 2 aliphatic carbocycles. The van der Waals surface area contributed by atoms with Crippen molar-refractivity contribution in [2.75, 3.05) is 37.7 Å². The zero-order valence-electron chi connectivity index (χ0n) is 19.7. The van der Waals surface area contributed by atoms with E-state index in [1.54, 1.807) is 0 Å². The lowest BCUT2D eigenvalue weighted by molar-refractivity contribution is 0.139. The number of nitrogens with one attached hydrogen (secondary N) is 1. The van der Waals surface area contributed by atoms with Gasteiger partial charge in [-0.3, -0.25) is 4.90 Å². The molecule has 1 aromatic carbocycles. The van der Waals surface area contributed by atoms with Gasteiger partial charge in [-0.05, 0) is 74.8 Å². The van der Waals surface area contributed by atoms with Crippen LogP contribution in [0.25, 0.3) is 0 Å². The molecular formula is C25H32ClFN4O3S. The minimum Gasteiger partial charge on any atom is -0.489 e. The van der Waals surface area contributed by atoms with Crippen molar-refractivity contribution < 1.29 is 17.5 Å². The van der Waals surface area contributed by atoms with Crippen LogP contribution in [0, 0.1) is 11.7 Å². The number of piperazine rings is 1. The van der Waals surface area contributed by atoms with Gasteiger partial charge < -0.3 is 9.64 Å². The molecule has 0 amide bonds. The molecule has 0 bridgehead atoms. The number of aromatic nitrogens is 1. The Hall–Kier alpha value is -1.94. The highest BCUT2D eigenvalue weighted by molar-refractivity contribution is 7.89. The number of ether oxygens (including phenoxy) is 1. The fourth-order valence-electron chi connectivity index (χ4n) is 5.05. The van der Waals surface area contributed by atoms with E-state index in [-0.39, 0.29) is 11.1 Å². The van der Waals surface area contributed by atoms with E-state index in [2.05, 4.69) is 19.5 Å². The first-order valence-corrected chi connectivity index (χ1v) is 14.3. The average molecular weight is 523 g/mol. The van der Waals surface area contributed by atoms with Gasteiger partial charge >= 0.3 is 0 Å². The summed E-state index contributed by atoms with van der Waals surface area (Å²) in [4.78, 5) is 9.02. The summed E-state index contributed by atoms with van der Waals surface area (Å²) >= 11 is 5.88. The maximum absolute atomic E-state index is 14.1. The normalized spacial score (nSPS) is 23.9. The Morgan fingerprint density at radius 2 is 1.80 bits per heavy atom. The molecular weight excluding hydrogens is 491 g/mol. The SMILES string of the molecule is O=S(=O)(N[C@H]1CC[C@@H](N2CCN(c3ncccc3OCC3CC3)CC2)CC1)c1cc(Cl)ccc1F. The van der Waals surface area contributed by atoms with E-state index in [0.29, 0.717) is 12.0 Å². The van der Waals surface area contributed by atoms with Crippen LogP contribution in [-0.4, -0.2) is 63.2 Å². The third-order valence-corrected chi connectivity index (χ3v) is 9.02. The van der Waals surface area contributed by atoms with Crippen LogP contribution in [-0.2, 0) is 10.0 Å². The summed E-state index contributed by atoms with van der Waals surface area (Å²) in [5.74, 6) is 1.71. The number of rotatable bonds is 8. The molecule has 5 rings (SSSR count). The van der Waals surface area contributed by atoms with Crippen molar-refractivity contribution in [2.24, 2.45) is 5.92 Å². The average Bonchev–Trinajstić information content (AvgIpc) is 3.69. The number of sulfonamides is 1. The van der Waals surface area contributed by atoms with Crippen molar-refractivity contribution in [3.05, 3.63) is 47.4 Å². The van der Waals surface area contributed by atoms with Crippen LogP contribution in [0.4, 0.5) is 10.2 Å². The highest BCUT2D eigenvalue weighted by Gasteiger charge is 2.32. The van der Waals surface area contributed by atoms with Crippen LogP contribution in [0.15, 0.2) is 41.4 Å². The van der Waals surface area contributed by atoms with Gasteiger partial charge in [-0.1, -0.05) is 11.6 Å². The number of benzene rings is 1. The molecule has 0 radical (unpaired) electrons. The first-order valence-electron chi connectivity index (χ1n) is 12.4. The second kappa shape index (κ2) is 10.6. The Labute approximate surface area is 211 Å². The monoisotopic (exact) mass is 522 g/mol. The van der Waals surface area contributed by atoms with Crippen LogP contribution in [0.2, 0.25) is 5.02 Å². The Balaban J connectivity index is 1.12. The zero-order valence-corrected chi connectivity index (χ0v) is 21.3. The maximum Gasteiger partial charge on any atom is 0.243 e. The molecule has 35 heavy (non-hydrogen) atoms. The lowest BCUT2D eigenvalue weighted by atomic mass is 9.90. The Morgan fingerprint density at radius 3 is 2.51 bits per heavy atom. The standard InChI is InChI=1S/C25H32ClFN4O3S/c26-19-5-10-22(27)24(16-19)35(32,33)29-20-6-8-21(9-7-20)30-12-14-31(15-13-30)25-23(2-1-11-28-25)34-17-18-3-4-18/h1-2,5,10-11,16,18,20-21,29H,3-4,6-9,12-15,17H2/t20-,21+. The second-order valence-electron chi connectivity index (χ2n) is 9.80. The van der Waals surface area contributed by atoms with Gasteiger partial charge in [0.2, 0.25) is 10.0 Å². The molecule has 1 aromatic heterocycles. The largest absolute Gasteiger partial charge is 0.489 e. The highest BCUT2D eigenvalue weighted by Crippen LogP contribution is 2.33. The van der Waals surface area contributed by atoms with Gasteiger partial charge in [0.15, 0.2) is 11.6 Å². The topological polar surface area (TPSA) is 74.8 Å². The van der Waals surface area contributed by atoms with Crippen LogP contribution in [0.3, 0.4) is 0 Å². The van der Waals surface area contributed by atoms with Gasteiger partial charge in [-0.2, -0.15) is 0 Å². The minimum atomic E-state index is -3.95. The van der Waals surface area contributed by atoms with Crippen LogP contribution >= 0.6 is 11.6 Å². The predicted molar refractivity (Wildman–Crippen MR) is 134 cm³/mol. The summed E-state index contributed by atoms with van der Waals surface area (Å²) in [6, 6.07) is 7.75. The fourth-order valence-corrected chi connectivity index (χ4v) is 6.69. The number of hydrogen-bond acceptors (Lipinski definition) is 6. The highest BCUT2D eigenvalue weighted by atomic mass is 35.5. The quantitative estimate of drug-likeness (QED) is 0.563. The molecule has 190 valence electrons. The molecule has 3 fully saturated rings. The van der Waals surface area contributed by atoms with E-state index in [0.717, 1.165) is 82.2 Å². The molecule has 0 unspecified atom stereocenters. The smallest absolute Gasteiger partial charge is 0.243 e. The van der Waals surface area contributed by atoms with E-state index >= 15 is 0 Å². The number of pyridine rings is 1. The van der Waals surface area contributed by atoms with Crippen molar-refractivity contribution in [2.45, 2.75) is 55.5 Å². The summed E-state index contributed by atoms with van der Waals surface area (Å²) in [5.41, 5.74) is 0. The van der Waals surface area contributed by atoms with E-state index in [9.17, 15) is 12.8 Å². The summed E-state index contributed by atoms with van der Waals surface area (Å²) in [6.45, 7) is 4.42. The molecule has 1 saturated heterocycles. The summed E-state index contributed by atoms with van der Waals surface area (Å²) in [6.07, 6.45) is 7.61. The van der Waals surface area contributed by atoms with Gasteiger partial charge in [0.25, 0.3) is 0 Å². The van der Waals surface area contributed by atoms with E-state index < -0.39 is 20.7 Å². The lowest BCUT2D eigenvalue weighted by Gasteiger charge is -2.42. The third-order valence-electron chi connectivity index (χ3n) is 7.25. The van der Waals surface area contributed by atoms with Crippen molar-refractivity contribution in [3.8, 4) is 5.75 Å². The molecule has 0 atom stereocenters. The Morgan fingerprint density at radius 1 is 1.06 bits per heavy atom. The van der Waals surface area contributed by atoms with E-state index in [1.807, 2.05) is 18.3 Å². The molecule has 10 heteroatoms. The number of halogens is 2. The van der Waals surface area contributed by atoms with Crippen molar-refractivity contribution in [3.63, 3.8) is 0 Å². The molecule has 7 nitrogen and oxygen atoms in total. The summed E-state index contributed by atoms with van der Waals surface area (Å²) < 4.78 is 48.2. The van der Waals surface area contributed by atoms with Gasteiger partial charge in [-0.15, -0.1) is 0 Å². The fraction of sp³-hybridized carbons (Fsp3) is 0.560. The zero-order chi connectivity index (χ0) is 24.4. The molecule has 1 N–H and O–H groups in total. The van der Waals surface area contributed by atoms with Crippen LogP contribution in [0.1, 0.15) is 38.5 Å². The molecule has 2 heterocycles. The number of anilines is 1. The van der Waals surface area contributed by atoms with Gasteiger partial charge in [0.1, 0.15) is 10.7 Å². The minimum absolute atomic E-state index is 0.196. The van der Waals surface area contributed by atoms with E-state index in [1.165, 1.54) is 18.9 Å². The van der Waals surface area contributed by atoms with Crippen LogP contribution < -0.4 is 14.4 Å². The predicted octanol–water partition coefficient (Wildman–Crippen LogP) is 4.07. The molecule has 1 aliphatic heterocycles. The van der Waals surface area contributed by atoms with Crippen molar-refractivity contribution in [1.29, 1.82) is 0 Å². The number of hydrogen-bond donors (Lipinski definition) is 1. The molecule has 3 aliphatic rings. The summed E-state index contributed by atoms with van der Waals surface area (Å²) in [5, 5.41) is 0.196. The summed E-state index contributed by atoms with van der Waals surface area (Å²) in [7, 11) is -3.95. The van der Waals surface area contributed by atoms with Crippen molar-refractivity contribution in [1.82, 2.24) is 14.6 Å². The van der Waals surface area contributed by atoms with Gasteiger partial charge in [-0.25, -0.2) is 22.5 Å².